The molecule has 1 saturated heterocycles. The van der Waals surface area contributed by atoms with Crippen molar-refractivity contribution in [1.29, 1.82) is 0 Å². The van der Waals surface area contributed by atoms with Gasteiger partial charge in [0.1, 0.15) is 23.8 Å². The van der Waals surface area contributed by atoms with Crippen LogP contribution in [0.1, 0.15) is 26.5 Å². The molecule has 3 aromatic rings. The standard InChI is InChI=1S/C28H36N6O5/c1-28(2,3)29-27(36)34(18-21-7-6-16-39-21)19-26(35)33-14-12-32(13-15-33)25-11-10-23(30-31-25)22-9-8-20(37-4)17-24(22)38-5/h6-11,16-17H,12-15,18-19H2,1-5H3,(H,29,36). The van der Waals surface area contributed by atoms with Crippen LogP contribution in [0.2, 0.25) is 0 Å². The number of methoxy groups -OCH3 is 2. The third kappa shape index (κ3) is 7.18. The molecule has 0 bridgehead atoms. The van der Waals surface area contributed by atoms with Gasteiger partial charge < -0.3 is 33.9 Å². The van der Waals surface area contributed by atoms with E-state index in [2.05, 4.69) is 20.4 Å². The molecule has 11 heteroatoms. The van der Waals surface area contributed by atoms with Crippen LogP contribution in [0.5, 0.6) is 11.5 Å². The van der Waals surface area contributed by atoms with E-state index in [0.29, 0.717) is 49.1 Å². The molecule has 0 saturated carbocycles. The van der Waals surface area contributed by atoms with Gasteiger partial charge in [0.15, 0.2) is 5.82 Å². The lowest BCUT2D eigenvalue weighted by Gasteiger charge is -2.36. The summed E-state index contributed by atoms with van der Waals surface area (Å²) in [5.74, 6) is 2.60. The van der Waals surface area contributed by atoms with Crippen LogP contribution in [0, 0.1) is 0 Å². The Morgan fingerprint density at radius 3 is 2.38 bits per heavy atom. The van der Waals surface area contributed by atoms with Crippen LogP contribution in [0.3, 0.4) is 0 Å². The lowest BCUT2D eigenvalue weighted by Crippen LogP contribution is -2.54. The van der Waals surface area contributed by atoms with Gasteiger partial charge >= 0.3 is 6.03 Å². The highest BCUT2D eigenvalue weighted by Crippen LogP contribution is 2.32. The van der Waals surface area contributed by atoms with E-state index in [1.807, 2.05) is 51.1 Å². The molecule has 1 aliphatic rings. The molecule has 0 atom stereocenters. The summed E-state index contributed by atoms with van der Waals surface area (Å²) in [6.07, 6.45) is 1.55. The highest BCUT2D eigenvalue weighted by molar-refractivity contribution is 5.84. The van der Waals surface area contributed by atoms with E-state index in [0.717, 1.165) is 11.4 Å². The maximum Gasteiger partial charge on any atom is 0.318 e. The summed E-state index contributed by atoms with van der Waals surface area (Å²) in [4.78, 5) is 31.4. The lowest BCUT2D eigenvalue weighted by molar-refractivity contribution is -0.132. The number of anilines is 1. The Morgan fingerprint density at radius 2 is 1.79 bits per heavy atom. The molecule has 3 amide bonds. The number of piperazine rings is 1. The maximum absolute atomic E-state index is 13.2. The summed E-state index contributed by atoms with van der Waals surface area (Å²) in [6, 6.07) is 12.6. The largest absolute Gasteiger partial charge is 0.497 e. The number of nitrogens with one attached hydrogen (secondary N) is 1. The SMILES string of the molecule is COc1ccc(-c2ccc(N3CCN(C(=O)CN(Cc4ccco4)C(=O)NC(C)(C)C)CC3)nn2)c(OC)c1. The van der Waals surface area contributed by atoms with E-state index >= 15 is 0 Å². The number of ether oxygens (including phenoxy) is 2. The van der Waals surface area contributed by atoms with Gasteiger partial charge in [0.05, 0.1) is 32.7 Å². The predicted molar refractivity (Wildman–Crippen MR) is 147 cm³/mol. The van der Waals surface area contributed by atoms with Gasteiger partial charge in [-0.25, -0.2) is 4.79 Å². The fourth-order valence-corrected chi connectivity index (χ4v) is 4.29. The fraction of sp³-hybridized carbons (Fsp3) is 0.429. The summed E-state index contributed by atoms with van der Waals surface area (Å²) in [5, 5.41) is 11.8. The number of nitrogens with zero attached hydrogens (tertiary/aromatic N) is 5. The molecule has 1 aromatic carbocycles. The van der Waals surface area contributed by atoms with E-state index in [1.54, 1.807) is 37.5 Å². The summed E-state index contributed by atoms with van der Waals surface area (Å²) in [6.45, 7) is 8.13. The van der Waals surface area contributed by atoms with Crippen molar-refractivity contribution in [1.82, 2.24) is 25.3 Å². The number of furan rings is 1. The Labute approximate surface area is 228 Å². The zero-order chi connectivity index (χ0) is 28.0. The number of rotatable bonds is 8. The third-order valence-electron chi connectivity index (χ3n) is 6.31. The van der Waals surface area contributed by atoms with Gasteiger partial charge in [-0.15, -0.1) is 10.2 Å². The summed E-state index contributed by atoms with van der Waals surface area (Å²) in [7, 11) is 3.21. The molecular formula is C28H36N6O5. The molecule has 1 fully saturated rings. The van der Waals surface area contributed by atoms with E-state index in [9.17, 15) is 9.59 Å². The van der Waals surface area contributed by atoms with Crippen LogP contribution in [0.25, 0.3) is 11.3 Å². The molecule has 2 aromatic heterocycles. The molecule has 11 nitrogen and oxygen atoms in total. The number of aromatic nitrogens is 2. The average molecular weight is 537 g/mol. The molecule has 39 heavy (non-hydrogen) atoms. The number of urea groups is 1. The molecular weight excluding hydrogens is 500 g/mol. The minimum Gasteiger partial charge on any atom is -0.497 e. The van der Waals surface area contributed by atoms with E-state index in [4.69, 9.17) is 13.9 Å². The molecule has 3 heterocycles. The molecule has 1 aliphatic heterocycles. The van der Waals surface area contributed by atoms with Crippen molar-refractivity contribution < 1.29 is 23.5 Å². The first-order valence-electron chi connectivity index (χ1n) is 12.8. The van der Waals surface area contributed by atoms with Crippen molar-refractivity contribution in [2.45, 2.75) is 32.9 Å². The Bertz CT molecular complexity index is 1250. The summed E-state index contributed by atoms with van der Waals surface area (Å²) >= 11 is 0. The van der Waals surface area contributed by atoms with E-state index < -0.39 is 5.54 Å². The van der Waals surface area contributed by atoms with Crippen molar-refractivity contribution in [2.24, 2.45) is 0 Å². The fourth-order valence-electron chi connectivity index (χ4n) is 4.29. The number of benzene rings is 1. The minimum atomic E-state index is -0.428. The monoisotopic (exact) mass is 536 g/mol. The van der Waals surface area contributed by atoms with Crippen molar-refractivity contribution in [3.8, 4) is 22.8 Å². The van der Waals surface area contributed by atoms with Gasteiger partial charge in [-0.2, -0.15) is 0 Å². The molecule has 0 radical (unpaired) electrons. The van der Waals surface area contributed by atoms with E-state index in [-0.39, 0.29) is 25.0 Å². The first kappa shape index (κ1) is 27.7. The Kier molecular flexibility index (Phi) is 8.58. The zero-order valence-electron chi connectivity index (χ0n) is 23.1. The summed E-state index contributed by atoms with van der Waals surface area (Å²) < 4.78 is 16.2. The van der Waals surface area contributed by atoms with Crippen molar-refractivity contribution in [3.63, 3.8) is 0 Å². The highest BCUT2D eigenvalue weighted by Gasteiger charge is 2.27. The van der Waals surface area contributed by atoms with Crippen LogP contribution in [-0.4, -0.2) is 84.4 Å². The number of carbonyl (C=O) groups excluding carboxylic acids is 2. The summed E-state index contributed by atoms with van der Waals surface area (Å²) in [5.41, 5.74) is 1.09. The predicted octanol–water partition coefficient (Wildman–Crippen LogP) is 3.41. The second-order valence-corrected chi connectivity index (χ2v) is 10.3. The van der Waals surface area contributed by atoms with Gasteiger partial charge in [-0.05, 0) is 57.2 Å². The number of hydrogen-bond donors (Lipinski definition) is 1. The minimum absolute atomic E-state index is 0.0409. The molecule has 0 unspecified atom stereocenters. The first-order chi connectivity index (χ1) is 18.7. The van der Waals surface area contributed by atoms with Gasteiger partial charge in [0.2, 0.25) is 5.91 Å². The van der Waals surface area contributed by atoms with Crippen molar-refractivity contribution in [3.05, 3.63) is 54.5 Å². The van der Waals surface area contributed by atoms with E-state index in [1.165, 1.54) is 4.90 Å². The average Bonchev–Trinajstić information content (AvgIpc) is 3.45. The van der Waals surface area contributed by atoms with Gasteiger partial charge in [0, 0.05) is 43.3 Å². The molecule has 4 rings (SSSR count). The molecule has 0 aliphatic carbocycles. The normalized spacial score (nSPS) is 13.7. The van der Waals surface area contributed by atoms with Gasteiger partial charge in [-0.1, -0.05) is 0 Å². The lowest BCUT2D eigenvalue weighted by atomic mass is 10.1. The van der Waals surface area contributed by atoms with Crippen molar-refractivity contribution in [2.75, 3.05) is 51.8 Å². The number of hydrogen-bond acceptors (Lipinski definition) is 8. The Morgan fingerprint density at radius 1 is 1.03 bits per heavy atom. The Hall–Kier alpha value is -4.28. The van der Waals surface area contributed by atoms with Gasteiger partial charge in [-0.3, -0.25) is 4.79 Å². The topological polar surface area (TPSA) is 113 Å². The maximum atomic E-state index is 13.2. The molecule has 1 N–H and O–H groups in total. The third-order valence-corrected chi connectivity index (χ3v) is 6.31. The first-order valence-corrected chi connectivity index (χ1v) is 12.8. The van der Waals surface area contributed by atoms with Crippen molar-refractivity contribution >= 4 is 17.8 Å². The molecule has 208 valence electrons. The number of carbonyl (C=O) groups is 2. The van der Waals surface area contributed by atoms with Crippen LogP contribution in [0.15, 0.2) is 53.1 Å². The van der Waals surface area contributed by atoms with Gasteiger partial charge in [0.25, 0.3) is 0 Å². The second-order valence-electron chi connectivity index (χ2n) is 10.3. The highest BCUT2D eigenvalue weighted by atomic mass is 16.5. The van der Waals surface area contributed by atoms with Crippen LogP contribution >= 0.6 is 0 Å². The van der Waals surface area contributed by atoms with Crippen LogP contribution < -0.4 is 19.7 Å². The van der Waals surface area contributed by atoms with Crippen LogP contribution in [-0.2, 0) is 11.3 Å². The van der Waals surface area contributed by atoms with Crippen LogP contribution in [0.4, 0.5) is 10.6 Å². The molecule has 0 spiro atoms. The second kappa shape index (κ2) is 12.1. The quantitative estimate of drug-likeness (QED) is 0.466. The smallest absolute Gasteiger partial charge is 0.318 e. The number of amides is 3. The zero-order valence-corrected chi connectivity index (χ0v) is 23.1. The Balaban J connectivity index is 1.36.